The Labute approximate surface area is 71.3 Å². The maximum Gasteiger partial charge on any atom is 0.158 e. The fraction of sp³-hybridized carbons (Fsp3) is 1.00. The Balaban J connectivity index is 1.63. The molecule has 4 nitrogen and oxygen atoms in total. The van der Waals surface area contributed by atoms with Gasteiger partial charge in [-0.15, -0.1) is 0 Å². The van der Waals surface area contributed by atoms with Crippen LogP contribution in [0.2, 0.25) is 0 Å². The molecule has 1 saturated carbocycles. The van der Waals surface area contributed by atoms with Gasteiger partial charge in [0.25, 0.3) is 0 Å². The Morgan fingerprint density at radius 3 is 2.75 bits per heavy atom. The van der Waals surface area contributed by atoms with Gasteiger partial charge in [0.15, 0.2) is 6.29 Å². The molecule has 1 heterocycles. The Morgan fingerprint density at radius 2 is 2.17 bits per heavy atom. The number of ether oxygens (including phenoxy) is 2. The molecular formula is C8H14O4. The van der Waals surface area contributed by atoms with E-state index >= 15 is 0 Å². The van der Waals surface area contributed by atoms with E-state index in [0.717, 1.165) is 12.8 Å². The molecule has 1 spiro atoms. The summed E-state index contributed by atoms with van der Waals surface area (Å²) in [4.78, 5) is 3.89. The molecule has 0 radical (unpaired) electrons. The zero-order valence-electron chi connectivity index (χ0n) is 6.99. The molecule has 0 bridgehead atoms. The Kier molecular flexibility index (Phi) is 2.32. The van der Waals surface area contributed by atoms with Crippen LogP contribution in [0.15, 0.2) is 0 Å². The third-order valence-corrected chi connectivity index (χ3v) is 2.50. The lowest BCUT2D eigenvalue weighted by atomic mass is 10.2. The van der Waals surface area contributed by atoms with Crippen LogP contribution >= 0.6 is 0 Å². The summed E-state index contributed by atoms with van der Waals surface area (Å²) >= 11 is 0. The Morgan fingerprint density at radius 1 is 1.33 bits per heavy atom. The second kappa shape index (κ2) is 3.30. The zero-order chi connectivity index (χ0) is 8.44. The summed E-state index contributed by atoms with van der Waals surface area (Å²) in [5.74, 6) is 0. The van der Waals surface area contributed by atoms with Gasteiger partial charge in [0.1, 0.15) is 6.61 Å². The minimum atomic E-state index is -0.0670. The minimum absolute atomic E-state index is 0.0670. The first-order valence-corrected chi connectivity index (χ1v) is 4.40. The van der Waals surface area contributed by atoms with E-state index < -0.39 is 0 Å². The predicted molar refractivity (Wildman–Crippen MR) is 40.6 cm³/mol. The fourth-order valence-electron chi connectivity index (χ4n) is 1.62. The van der Waals surface area contributed by atoms with Crippen molar-refractivity contribution >= 4 is 0 Å². The number of hydrogen-bond donors (Lipinski definition) is 1. The van der Waals surface area contributed by atoms with Crippen LogP contribution in [-0.2, 0) is 14.4 Å². The summed E-state index contributed by atoms with van der Waals surface area (Å²) in [6.07, 6.45) is 4.40. The van der Waals surface area contributed by atoms with Gasteiger partial charge >= 0.3 is 0 Å². The van der Waals surface area contributed by atoms with E-state index in [0.29, 0.717) is 6.61 Å². The summed E-state index contributed by atoms with van der Waals surface area (Å²) in [5.41, 5.74) is 0.185. The molecule has 2 rings (SSSR count). The van der Waals surface area contributed by atoms with Gasteiger partial charge in [-0.1, -0.05) is 0 Å². The van der Waals surface area contributed by atoms with Gasteiger partial charge in [-0.25, -0.2) is 4.89 Å². The summed E-state index contributed by atoms with van der Waals surface area (Å²) in [6.45, 7) is 0.615. The molecule has 1 unspecified atom stereocenters. The second-order valence-corrected chi connectivity index (χ2v) is 3.47. The monoisotopic (exact) mass is 174 g/mol. The first-order valence-electron chi connectivity index (χ1n) is 4.40. The lowest BCUT2D eigenvalue weighted by Gasteiger charge is -2.12. The standard InChI is InChI=1S/C8H14O4/c9-11-6-5-10-7-1-2-8(12-7)3-4-8/h7,9H,1-6H2. The van der Waals surface area contributed by atoms with Gasteiger partial charge in [0.2, 0.25) is 0 Å². The molecule has 4 heteroatoms. The van der Waals surface area contributed by atoms with Crippen LogP contribution < -0.4 is 0 Å². The van der Waals surface area contributed by atoms with E-state index in [1.165, 1.54) is 12.8 Å². The van der Waals surface area contributed by atoms with Crippen molar-refractivity contribution in [1.82, 2.24) is 0 Å². The van der Waals surface area contributed by atoms with Crippen LogP contribution in [0.5, 0.6) is 0 Å². The Bertz CT molecular complexity index is 155. The highest BCUT2D eigenvalue weighted by Crippen LogP contribution is 2.49. The van der Waals surface area contributed by atoms with Gasteiger partial charge in [0.05, 0.1) is 12.2 Å². The van der Waals surface area contributed by atoms with Crippen molar-refractivity contribution in [2.45, 2.75) is 37.6 Å². The molecule has 70 valence electrons. The molecular weight excluding hydrogens is 160 g/mol. The molecule has 1 atom stereocenters. The molecule has 2 fully saturated rings. The second-order valence-electron chi connectivity index (χ2n) is 3.47. The molecule has 1 N–H and O–H groups in total. The van der Waals surface area contributed by atoms with Crippen molar-refractivity contribution in [3.05, 3.63) is 0 Å². The van der Waals surface area contributed by atoms with Gasteiger partial charge in [-0.3, -0.25) is 5.26 Å². The number of rotatable bonds is 4. The highest BCUT2D eigenvalue weighted by Gasteiger charge is 2.50. The predicted octanol–water partition coefficient (Wildman–Crippen LogP) is 1.16. The van der Waals surface area contributed by atoms with E-state index in [9.17, 15) is 0 Å². The molecule has 0 aromatic carbocycles. The largest absolute Gasteiger partial charge is 0.350 e. The average molecular weight is 174 g/mol. The van der Waals surface area contributed by atoms with Gasteiger partial charge in [-0.05, 0) is 19.3 Å². The lowest BCUT2D eigenvalue weighted by molar-refractivity contribution is -0.258. The quantitative estimate of drug-likeness (QED) is 0.394. The summed E-state index contributed by atoms with van der Waals surface area (Å²) < 4.78 is 11.0. The minimum Gasteiger partial charge on any atom is -0.350 e. The van der Waals surface area contributed by atoms with Crippen LogP contribution in [-0.4, -0.2) is 30.4 Å². The first-order chi connectivity index (χ1) is 5.85. The van der Waals surface area contributed by atoms with E-state index in [4.69, 9.17) is 14.7 Å². The molecule has 1 aliphatic carbocycles. The molecule has 2 aliphatic rings. The maximum atomic E-state index is 8.03. The molecule has 1 saturated heterocycles. The van der Waals surface area contributed by atoms with Crippen molar-refractivity contribution in [2.24, 2.45) is 0 Å². The van der Waals surface area contributed by atoms with Crippen LogP contribution in [0.3, 0.4) is 0 Å². The topological polar surface area (TPSA) is 47.9 Å². The summed E-state index contributed by atoms with van der Waals surface area (Å²) in [6, 6.07) is 0. The van der Waals surface area contributed by atoms with Crippen molar-refractivity contribution in [1.29, 1.82) is 0 Å². The van der Waals surface area contributed by atoms with Crippen molar-refractivity contribution < 1.29 is 19.6 Å². The maximum absolute atomic E-state index is 8.03. The van der Waals surface area contributed by atoms with E-state index in [1.807, 2.05) is 0 Å². The van der Waals surface area contributed by atoms with Crippen LogP contribution in [0.1, 0.15) is 25.7 Å². The molecule has 1 aliphatic heterocycles. The third kappa shape index (κ3) is 1.77. The number of hydrogen-bond acceptors (Lipinski definition) is 4. The van der Waals surface area contributed by atoms with Gasteiger partial charge < -0.3 is 9.47 Å². The van der Waals surface area contributed by atoms with Crippen molar-refractivity contribution in [3.8, 4) is 0 Å². The van der Waals surface area contributed by atoms with E-state index in [1.54, 1.807) is 0 Å². The molecule has 0 amide bonds. The SMILES string of the molecule is OOCCOC1CCC2(CC2)O1. The normalized spacial score (nSPS) is 31.2. The van der Waals surface area contributed by atoms with Crippen LogP contribution in [0.4, 0.5) is 0 Å². The van der Waals surface area contributed by atoms with Gasteiger partial charge in [-0.2, -0.15) is 0 Å². The third-order valence-electron chi connectivity index (χ3n) is 2.50. The highest BCUT2D eigenvalue weighted by molar-refractivity contribution is 4.99. The smallest absolute Gasteiger partial charge is 0.158 e. The molecule has 0 aromatic rings. The van der Waals surface area contributed by atoms with E-state index in [2.05, 4.69) is 4.89 Å². The fourth-order valence-corrected chi connectivity index (χ4v) is 1.62. The van der Waals surface area contributed by atoms with E-state index in [-0.39, 0.29) is 18.5 Å². The molecule has 12 heavy (non-hydrogen) atoms. The lowest BCUT2D eigenvalue weighted by Crippen LogP contribution is -2.17. The average Bonchev–Trinajstić information content (AvgIpc) is 2.68. The first kappa shape index (κ1) is 8.44. The highest BCUT2D eigenvalue weighted by atomic mass is 17.1. The Hall–Kier alpha value is -0.160. The van der Waals surface area contributed by atoms with Crippen LogP contribution in [0.25, 0.3) is 0 Å². The zero-order valence-corrected chi connectivity index (χ0v) is 6.99. The van der Waals surface area contributed by atoms with Crippen molar-refractivity contribution in [2.75, 3.05) is 13.2 Å². The summed E-state index contributed by atoms with van der Waals surface area (Å²) in [5, 5.41) is 8.03. The molecule has 0 aromatic heterocycles. The summed E-state index contributed by atoms with van der Waals surface area (Å²) in [7, 11) is 0. The van der Waals surface area contributed by atoms with Gasteiger partial charge in [0, 0.05) is 6.42 Å². The van der Waals surface area contributed by atoms with Crippen molar-refractivity contribution in [3.63, 3.8) is 0 Å². The van der Waals surface area contributed by atoms with Crippen LogP contribution in [0, 0.1) is 0 Å².